The van der Waals surface area contributed by atoms with Gasteiger partial charge in [-0.25, -0.2) is 14.5 Å². The molecule has 18 heavy (non-hydrogen) atoms. The second-order valence-electron chi connectivity index (χ2n) is 3.23. The molecule has 8 nitrogen and oxygen atoms in total. The number of hydrogen-bond acceptors (Lipinski definition) is 5. The summed E-state index contributed by atoms with van der Waals surface area (Å²) in [6, 6.07) is 1.27. The molecular formula is C9H5BrN4O4. The Balaban J connectivity index is 2.44. The van der Waals surface area contributed by atoms with E-state index in [1.54, 1.807) is 0 Å². The van der Waals surface area contributed by atoms with E-state index in [2.05, 4.69) is 26.0 Å². The Morgan fingerprint density at radius 3 is 2.72 bits per heavy atom. The number of hydrogen-bond donors (Lipinski definition) is 1. The molecule has 0 spiro atoms. The van der Waals surface area contributed by atoms with Crippen LogP contribution in [0.3, 0.4) is 0 Å². The summed E-state index contributed by atoms with van der Waals surface area (Å²) in [7, 11) is 0. The van der Waals surface area contributed by atoms with Gasteiger partial charge >= 0.3 is 5.97 Å². The number of halogens is 1. The summed E-state index contributed by atoms with van der Waals surface area (Å²) >= 11 is 3.12. The fraction of sp³-hybridized carbons (Fsp3) is 0. The van der Waals surface area contributed by atoms with E-state index in [-0.39, 0.29) is 17.1 Å². The number of carboxylic acids is 1. The van der Waals surface area contributed by atoms with Crippen LogP contribution in [-0.2, 0) is 0 Å². The Kier molecular flexibility index (Phi) is 3.06. The lowest BCUT2D eigenvalue weighted by atomic mass is 10.4. The second-order valence-corrected chi connectivity index (χ2v) is 4.09. The van der Waals surface area contributed by atoms with E-state index in [1.165, 1.54) is 16.9 Å². The fourth-order valence-electron chi connectivity index (χ4n) is 1.24. The first-order chi connectivity index (χ1) is 8.49. The smallest absolute Gasteiger partial charge is 0.338 e. The van der Waals surface area contributed by atoms with Crippen LogP contribution >= 0.6 is 15.9 Å². The zero-order chi connectivity index (χ0) is 13.3. The van der Waals surface area contributed by atoms with Gasteiger partial charge in [-0.3, -0.25) is 10.1 Å². The molecule has 0 aliphatic rings. The number of carbonyl (C=O) groups is 1. The minimum atomic E-state index is -1.11. The molecular weight excluding hydrogens is 308 g/mol. The van der Waals surface area contributed by atoms with Crippen molar-refractivity contribution in [1.82, 2.24) is 14.8 Å². The minimum absolute atomic E-state index is 0.00190. The third-order valence-electron chi connectivity index (χ3n) is 2.06. The van der Waals surface area contributed by atoms with Crippen LogP contribution in [0.5, 0.6) is 0 Å². The van der Waals surface area contributed by atoms with Gasteiger partial charge in [-0.1, -0.05) is 0 Å². The van der Waals surface area contributed by atoms with Gasteiger partial charge in [0.1, 0.15) is 6.20 Å². The number of aromatic nitrogens is 3. The number of nitrogens with zero attached hydrogens (tertiary/aromatic N) is 4. The molecule has 0 saturated heterocycles. The van der Waals surface area contributed by atoms with Crippen molar-refractivity contribution in [2.45, 2.75) is 0 Å². The molecule has 0 atom stereocenters. The van der Waals surface area contributed by atoms with Gasteiger partial charge in [0, 0.05) is 12.3 Å². The largest absolute Gasteiger partial charge is 0.478 e. The summed E-state index contributed by atoms with van der Waals surface area (Å²) in [5.41, 5.74) is -0.168. The van der Waals surface area contributed by atoms with E-state index in [1.807, 2.05) is 0 Å². The van der Waals surface area contributed by atoms with Crippen molar-refractivity contribution in [3.63, 3.8) is 0 Å². The Morgan fingerprint density at radius 1 is 1.50 bits per heavy atom. The van der Waals surface area contributed by atoms with E-state index >= 15 is 0 Å². The highest BCUT2D eigenvalue weighted by atomic mass is 79.9. The molecule has 0 unspecified atom stereocenters. The quantitative estimate of drug-likeness (QED) is 0.681. The maximum Gasteiger partial charge on any atom is 0.338 e. The van der Waals surface area contributed by atoms with Gasteiger partial charge in [-0.05, 0) is 15.9 Å². The van der Waals surface area contributed by atoms with Gasteiger partial charge in [0.2, 0.25) is 0 Å². The van der Waals surface area contributed by atoms with Gasteiger partial charge in [0.15, 0.2) is 5.82 Å². The van der Waals surface area contributed by atoms with Crippen LogP contribution < -0.4 is 0 Å². The summed E-state index contributed by atoms with van der Waals surface area (Å²) in [5.74, 6) is -0.840. The van der Waals surface area contributed by atoms with Gasteiger partial charge in [-0.2, -0.15) is 5.10 Å². The Morgan fingerprint density at radius 2 is 2.22 bits per heavy atom. The van der Waals surface area contributed by atoms with Crippen molar-refractivity contribution < 1.29 is 14.8 Å². The van der Waals surface area contributed by atoms with Gasteiger partial charge < -0.3 is 5.11 Å². The Hall–Kier alpha value is -2.29. The van der Waals surface area contributed by atoms with Crippen LogP contribution in [0.1, 0.15) is 10.4 Å². The molecule has 0 amide bonds. The van der Waals surface area contributed by atoms with Crippen molar-refractivity contribution in [1.29, 1.82) is 0 Å². The van der Waals surface area contributed by atoms with Crippen LogP contribution in [-0.4, -0.2) is 30.8 Å². The van der Waals surface area contributed by atoms with Crippen LogP contribution in [0.25, 0.3) is 5.82 Å². The third kappa shape index (κ3) is 2.20. The maximum absolute atomic E-state index is 10.7. The molecule has 1 N–H and O–H groups in total. The number of pyridine rings is 1. The first-order valence-electron chi connectivity index (χ1n) is 4.57. The molecule has 2 heterocycles. The third-order valence-corrected chi connectivity index (χ3v) is 2.65. The van der Waals surface area contributed by atoms with Crippen LogP contribution in [0.15, 0.2) is 29.1 Å². The van der Waals surface area contributed by atoms with E-state index in [4.69, 9.17) is 5.11 Å². The second kappa shape index (κ2) is 4.53. The van der Waals surface area contributed by atoms with Gasteiger partial charge in [0.05, 0.1) is 21.2 Å². The molecule has 2 aromatic rings. The average Bonchev–Trinajstić information content (AvgIpc) is 2.78. The van der Waals surface area contributed by atoms with E-state index in [0.717, 1.165) is 12.4 Å². The van der Waals surface area contributed by atoms with Gasteiger partial charge in [-0.15, -0.1) is 0 Å². The fourth-order valence-corrected chi connectivity index (χ4v) is 1.76. The number of aromatic carboxylic acids is 1. The lowest BCUT2D eigenvalue weighted by molar-refractivity contribution is -0.385. The maximum atomic E-state index is 10.7. The van der Waals surface area contributed by atoms with E-state index < -0.39 is 10.9 Å². The molecule has 2 aromatic heterocycles. The predicted molar refractivity (Wildman–Crippen MR) is 62.7 cm³/mol. The molecule has 0 bridgehead atoms. The number of nitro groups is 1. The summed E-state index contributed by atoms with van der Waals surface area (Å²) in [6.07, 6.45) is 3.50. The monoisotopic (exact) mass is 312 g/mol. The normalized spacial score (nSPS) is 10.3. The Bertz CT molecular complexity index is 639. The molecule has 0 saturated carbocycles. The lowest BCUT2D eigenvalue weighted by Gasteiger charge is -2.02. The van der Waals surface area contributed by atoms with E-state index in [0.29, 0.717) is 4.47 Å². The van der Waals surface area contributed by atoms with Gasteiger partial charge in [0.25, 0.3) is 5.69 Å². The highest BCUT2D eigenvalue weighted by molar-refractivity contribution is 9.10. The van der Waals surface area contributed by atoms with Crippen LogP contribution in [0.2, 0.25) is 0 Å². The summed E-state index contributed by atoms with van der Waals surface area (Å²) in [6.45, 7) is 0. The van der Waals surface area contributed by atoms with Crippen LogP contribution in [0, 0.1) is 10.1 Å². The molecule has 2 rings (SSSR count). The summed E-state index contributed by atoms with van der Waals surface area (Å²) in [4.78, 5) is 24.5. The molecule has 0 fully saturated rings. The van der Waals surface area contributed by atoms with Crippen molar-refractivity contribution >= 4 is 27.6 Å². The van der Waals surface area contributed by atoms with Crippen molar-refractivity contribution in [3.05, 3.63) is 44.8 Å². The standard InChI is InChI=1S/C9H5BrN4O4/c10-7-1-6(14(17)18)3-11-8(7)13-4-5(2-12-13)9(15)16/h1-4H,(H,15,16). The molecule has 0 aromatic carbocycles. The van der Waals surface area contributed by atoms with Crippen molar-refractivity contribution in [2.24, 2.45) is 0 Å². The van der Waals surface area contributed by atoms with Crippen LogP contribution in [0.4, 0.5) is 5.69 Å². The predicted octanol–water partition coefficient (Wildman–Crippen LogP) is 1.64. The average molecular weight is 313 g/mol. The molecule has 0 aliphatic carbocycles. The number of carboxylic acid groups (broad SMARTS) is 1. The Labute approximate surface area is 108 Å². The van der Waals surface area contributed by atoms with E-state index in [9.17, 15) is 14.9 Å². The summed E-state index contributed by atoms with van der Waals surface area (Å²) < 4.78 is 1.56. The molecule has 0 radical (unpaired) electrons. The first-order valence-corrected chi connectivity index (χ1v) is 5.36. The lowest BCUT2D eigenvalue weighted by Crippen LogP contribution is -2.01. The first kappa shape index (κ1) is 12.2. The minimum Gasteiger partial charge on any atom is -0.478 e. The van der Waals surface area contributed by atoms with Crippen molar-refractivity contribution in [2.75, 3.05) is 0 Å². The highest BCUT2D eigenvalue weighted by Crippen LogP contribution is 2.23. The highest BCUT2D eigenvalue weighted by Gasteiger charge is 2.14. The van der Waals surface area contributed by atoms with Crippen molar-refractivity contribution in [3.8, 4) is 5.82 Å². The molecule has 9 heteroatoms. The topological polar surface area (TPSA) is 111 Å². The zero-order valence-electron chi connectivity index (χ0n) is 8.65. The zero-order valence-corrected chi connectivity index (χ0v) is 10.2. The molecule has 92 valence electrons. The number of rotatable bonds is 3. The molecule has 0 aliphatic heterocycles. The summed E-state index contributed by atoms with van der Waals surface area (Å²) in [5, 5.41) is 23.1. The SMILES string of the molecule is O=C(O)c1cnn(-c2ncc([N+](=O)[O-])cc2Br)c1.